The molecule has 0 aliphatic carbocycles. The molecule has 21 heavy (non-hydrogen) atoms. The zero-order chi connectivity index (χ0) is 15.2. The van der Waals surface area contributed by atoms with Crippen LogP contribution in [0.4, 0.5) is 11.6 Å². The molecule has 1 aromatic rings. The number of nitrogens with one attached hydrogen (secondary N) is 2. The smallest absolute Gasteiger partial charge is 0.134 e. The fourth-order valence-electron chi connectivity index (χ4n) is 3.01. The maximum Gasteiger partial charge on any atom is 0.134 e. The quantitative estimate of drug-likeness (QED) is 0.844. The van der Waals surface area contributed by atoms with Crippen LogP contribution in [0.15, 0.2) is 6.33 Å². The summed E-state index contributed by atoms with van der Waals surface area (Å²) in [6, 6.07) is 0.500. The third-order valence-electron chi connectivity index (χ3n) is 4.27. The minimum atomic E-state index is 0.500. The molecular formula is C16H29N5. The summed E-state index contributed by atoms with van der Waals surface area (Å²) in [7, 11) is 2.20. The predicted molar refractivity (Wildman–Crippen MR) is 88.9 cm³/mol. The molecule has 2 heterocycles. The molecular weight excluding hydrogens is 262 g/mol. The zero-order valence-corrected chi connectivity index (χ0v) is 13.8. The Kier molecular flexibility index (Phi) is 5.79. The standard InChI is InChI=1S/C16H29N5/c1-5-8-17-15-13(6-2)16(19-11-18-15)20-14-7-9-21(4)10-12(14)3/h11-12,14H,5-10H2,1-4H3,(H2,17,18,19,20). The number of hydrogen-bond donors (Lipinski definition) is 2. The van der Waals surface area contributed by atoms with Gasteiger partial charge in [-0.3, -0.25) is 0 Å². The molecule has 1 aliphatic heterocycles. The summed E-state index contributed by atoms with van der Waals surface area (Å²) in [6.07, 6.45) is 4.87. The second-order valence-corrected chi connectivity index (χ2v) is 6.11. The molecule has 2 N–H and O–H groups in total. The fourth-order valence-corrected chi connectivity index (χ4v) is 3.01. The van der Waals surface area contributed by atoms with Gasteiger partial charge >= 0.3 is 0 Å². The number of rotatable bonds is 6. The first-order chi connectivity index (χ1) is 10.2. The number of piperidine rings is 1. The first kappa shape index (κ1) is 16.0. The lowest BCUT2D eigenvalue weighted by atomic mass is 9.94. The molecule has 0 bridgehead atoms. The number of likely N-dealkylation sites (tertiary alicyclic amines) is 1. The lowest BCUT2D eigenvalue weighted by Gasteiger charge is -2.35. The van der Waals surface area contributed by atoms with Crippen LogP contribution >= 0.6 is 0 Å². The van der Waals surface area contributed by atoms with Crippen molar-refractivity contribution in [3.63, 3.8) is 0 Å². The van der Waals surface area contributed by atoms with Crippen LogP contribution in [0.25, 0.3) is 0 Å². The Balaban J connectivity index is 2.11. The third-order valence-corrected chi connectivity index (χ3v) is 4.27. The lowest BCUT2D eigenvalue weighted by Crippen LogP contribution is -2.43. The van der Waals surface area contributed by atoms with E-state index in [0.717, 1.165) is 44.1 Å². The van der Waals surface area contributed by atoms with E-state index in [0.29, 0.717) is 12.0 Å². The highest BCUT2D eigenvalue weighted by Gasteiger charge is 2.25. The van der Waals surface area contributed by atoms with Crippen LogP contribution in [-0.4, -0.2) is 47.6 Å². The van der Waals surface area contributed by atoms with Crippen molar-refractivity contribution < 1.29 is 0 Å². The van der Waals surface area contributed by atoms with Crippen LogP contribution in [0.3, 0.4) is 0 Å². The molecule has 1 aromatic heterocycles. The Labute approximate surface area is 128 Å². The van der Waals surface area contributed by atoms with Gasteiger partial charge in [0.15, 0.2) is 0 Å². The van der Waals surface area contributed by atoms with Gasteiger partial charge in [0.2, 0.25) is 0 Å². The van der Waals surface area contributed by atoms with E-state index >= 15 is 0 Å². The topological polar surface area (TPSA) is 53.1 Å². The van der Waals surface area contributed by atoms with Crippen molar-refractivity contribution in [2.24, 2.45) is 5.92 Å². The minimum Gasteiger partial charge on any atom is -0.370 e. The second-order valence-electron chi connectivity index (χ2n) is 6.11. The van der Waals surface area contributed by atoms with E-state index < -0.39 is 0 Å². The van der Waals surface area contributed by atoms with Gasteiger partial charge in [-0.05, 0) is 38.8 Å². The van der Waals surface area contributed by atoms with Crippen molar-refractivity contribution in [3.05, 3.63) is 11.9 Å². The number of aromatic nitrogens is 2. The van der Waals surface area contributed by atoms with Gasteiger partial charge in [-0.2, -0.15) is 0 Å². The van der Waals surface area contributed by atoms with Crippen molar-refractivity contribution >= 4 is 11.6 Å². The molecule has 0 amide bonds. The summed E-state index contributed by atoms with van der Waals surface area (Å²) >= 11 is 0. The Morgan fingerprint density at radius 1 is 1.29 bits per heavy atom. The highest BCUT2D eigenvalue weighted by molar-refractivity contribution is 5.57. The van der Waals surface area contributed by atoms with Crippen molar-refractivity contribution in [2.45, 2.75) is 46.1 Å². The summed E-state index contributed by atoms with van der Waals surface area (Å²) in [4.78, 5) is 11.3. The number of hydrogen-bond acceptors (Lipinski definition) is 5. The molecule has 1 saturated heterocycles. The van der Waals surface area contributed by atoms with E-state index in [9.17, 15) is 0 Å². The van der Waals surface area contributed by atoms with Gasteiger partial charge in [0.05, 0.1) is 0 Å². The summed E-state index contributed by atoms with van der Waals surface area (Å²) in [5.74, 6) is 2.63. The highest BCUT2D eigenvalue weighted by atomic mass is 15.1. The van der Waals surface area contributed by atoms with Crippen molar-refractivity contribution in [1.29, 1.82) is 0 Å². The van der Waals surface area contributed by atoms with E-state index in [1.54, 1.807) is 6.33 Å². The van der Waals surface area contributed by atoms with Crippen LogP contribution in [0.1, 0.15) is 39.2 Å². The molecule has 0 radical (unpaired) electrons. The zero-order valence-electron chi connectivity index (χ0n) is 13.8. The Bertz CT molecular complexity index is 448. The summed E-state index contributed by atoms with van der Waals surface area (Å²) < 4.78 is 0. The summed E-state index contributed by atoms with van der Waals surface area (Å²) in [5, 5.41) is 7.08. The maximum absolute atomic E-state index is 4.49. The third kappa shape index (κ3) is 4.06. The molecule has 1 fully saturated rings. The predicted octanol–water partition coefficient (Wildman–Crippen LogP) is 2.61. The molecule has 5 nitrogen and oxygen atoms in total. The maximum atomic E-state index is 4.49. The normalized spacial score (nSPS) is 23.0. The van der Waals surface area contributed by atoms with Gasteiger partial charge in [-0.15, -0.1) is 0 Å². The molecule has 1 aliphatic rings. The van der Waals surface area contributed by atoms with Gasteiger partial charge in [0, 0.05) is 24.7 Å². The second kappa shape index (κ2) is 7.59. The van der Waals surface area contributed by atoms with Crippen LogP contribution in [0.2, 0.25) is 0 Å². The van der Waals surface area contributed by atoms with E-state index in [1.807, 2.05) is 0 Å². The van der Waals surface area contributed by atoms with Crippen LogP contribution in [-0.2, 0) is 6.42 Å². The average molecular weight is 291 g/mol. The average Bonchev–Trinajstić information content (AvgIpc) is 2.48. The molecule has 5 heteroatoms. The van der Waals surface area contributed by atoms with Crippen LogP contribution < -0.4 is 10.6 Å². The van der Waals surface area contributed by atoms with E-state index in [1.165, 1.54) is 12.0 Å². The van der Waals surface area contributed by atoms with E-state index in [-0.39, 0.29) is 0 Å². The van der Waals surface area contributed by atoms with Gasteiger partial charge < -0.3 is 15.5 Å². The molecule has 2 rings (SSSR count). The molecule has 0 aromatic carbocycles. The number of anilines is 2. The summed E-state index contributed by atoms with van der Waals surface area (Å²) in [5.41, 5.74) is 1.21. The Morgan fingerprint density at radius 3 is 2.71 bits per heavy atom. The first-order valence-corrected chi connectivity index (χ1v) is 8.18. The molecule has 118 valence electrons. The van der Waals surface area contributed by atoms with E-state index in [2.05, 4.69) is 53.3 Å². The fraction of sp³-hybridized carbons (Fsp3) is 0.750. The Hall–Kier alpha value is -1.36. The SMILES string of the molecule is CCCNc1ncnc(NC2CCN(C)CC2C)c1CC. The highest BCUT2D eigenvalue weighted by Crippen LogP contribution is 2.25. The van der Waals surface area contributed by atoms with Crippen molar-refractivity contribution in [2.75, 3.05) is 37.3 Å². The van der Waals surface area contributed by atoms with Crippen LogP contribution in [0, 0.1) is 5.92 Å². The molecule has 0 spiro atoms. The lowest BCUT2D eigenvalue weighted by molar-refractivity contribution is 0.206. The molecule has 2 atom stereocenters. The molecule has 2 unspecified atom stereocenters. The van der Waals surface area contributed by atoms with Gasteiger partial charge in [0.1, 0.15) is 18.0 Å². The molecule has 0 saturated carbocycles. The van der Waals surface area contributed by atoms with Crippen LogP contribution in [0.5, 0.6) is 0 Å². The largest absolute Gasteiger partial charge is 0.370 e. The van der Waals surface area contributed by atoms with Crippen molar-refractivity contribution in [3.8, 4) is 0 Å². The van der Waals surface area contributed by atoms with Crippen molar-refractivity contribution in [1.82, 2.24) is 14.9 Å². The minimum absolute atomic E-state index is 0.500. The first-order valence-electron chi connectivity index (χ1n) is 8.18. The van der Waals surface area contributed by atoms with Gasteiger partial charge in [-0.25, -0.2) is 9.97 Å². The van der Waals surface area contributed by atoms with E-state index in [4.69, 9.17) is 0 Å². The van der Waals surface area contributed by atoms with Gasteiger partial charge in [-0.1, -0.05) is 20.8 Å². The Morgan fingerprint density at radius 2 is 2.05 bits per heavy atom. The number of nitrogens with zero attached hydrogens (tertiary/aromatic N) is 3. The summed E-state index contributed by atoms with van der Waals surface area (Å²) in [6.45, 7) is 9.89. The monoisotopic (exact) mass is 291 g/mol. The van der Waals surface area contributed by atoms with Gasteiger partial charge in [0.25, 0.3) is 0 Å².